The van der Waals surface area contributed by atoms with Crippen LogP contribution in [0.5, 0.6) is 0 Å². The second-order valence-electron chi connectivity index (χ2n) is 5.11. The number of carbonyl (C=O) groups is 2. The molecule has 3 rings (SSSR count). The van der Waals surface area contributed by atoms with Gasteiger partial charge in [0.25, 0.3) is 5.91 Å². The molecule has 1 N–H and O–H groups in total. The molecule has 0 aliphatic carbocycles. The lowest BCUT2D eigenvalue weighted by atomic mass is 10.2. The summed E-state index contributed by atoms with van der Waals surface area (Å²) in [6.45, 7) is 0.292. The molecule has 0 aromatic heterocycles. The molecule has 0 fully saturated rings. The molecule has 1 aromatic rings. The van der Waals surface area contributed by atoms with Crippen LogP contribution in [-0.4, -0.2) is 39.4 Å². The topological polar surface area (TPSA) is 92.8 Å². The molecule has 0 bridgehead atoms. The van der Waals surface area contributed by atoms with Gasteiger partial charge in [0.15, 0.2) is 0 Å². The number of nitrogens with zero attached hydrogens (tertiary/aromatic N) is 1. The van der Waals surface area contributed by atoms with Crippen LogP contribution < -0.4 is 5.32 Å². The monoisotopic (exact) mass is 366 g/mol. The third-order valence-electron chi connectivity index (χ3n) is 3.64. The molecule has 0 radical (unpaired) electrons. The first kappa shape index (κ1) is 16.6. The molecule has 0 saturated heterocycles. The van der Waals surface area contributed by atoms with Crippen molar-refractivity contribution in [2.45, 2.75) is 6.54 Å². The minimum absolute atomic E-state index is 0.0252. The lowest BCUT2D eigenvalue weighted by Gasteiger charge is -2.12. The average molecular weight is 366 g/mol. The van der Waals surface area contributed by atoms with Gasteiger partial charge in [0.2, 0.25) is 8.87 Å². The second kappa shape index (κ2) is 5.99. The Morgan fingerprint density at radius 1 is 1.29 bits per heavy atom. The van der Waals surface area contributed by atoms with Crippen LogP contribution in [0.4, 0.5) is 0 Å². The fraction of sp³-hybridized carbons (Fsp3) is 0.200. The fourth-order valence-corrected chi connectivity index (χ4v) is 6.05. The zero-order valence-electron chi connectivity index (χ0n) is 12.9. The van der Waals surface area contributed by atoms with Crippen LogP contribution in [-0.2, 0) is 29.7 Å². The van der Waals surface area contributed by atoms with E-state index in [0.717, 1.165) is 17.6 Å². The Morgan fingerprint density at radius 3 is 2.58 bits per heavy atom. The van der Waals surface area contributed by atoms with Gasteiger partial charge < -0.3 is 15.0 Å². The van der Waals surface area contributed by atoms with Crippen LogP contribution >= 0.6 is 10.8 Å². The van der Waals surface area contributed by atoms with Crippen molar-refractivity contribution in [2.75, 3.05) is 14.2 Å². The van der Waals surface area contributed by atoms with Crippen LogP contribution in [0.1, 0.15) is 5.56 Å². The number of hydrogen-bond donors (Lipinski definition) is 1. The molecule has 9 heteroatoms. The average Bonchev–Trinajstić information content (AvgIpc) is 2.99. The first-order chi connectivity index (χ1) is 11.4. The fourth-order valence-electron chi connectivity index (χ4n) is 2.49. The number of carbonyl (C=O) groups excluding carboxylic acids is 2. The molecule has 126 valence electrons. The summed E-state index contributed by atoms with van der Waals surface area (Å²) in [5.41, 5.74) is 0.949. The number of methoxy groups -OCH3 is 1. The molecule has 1 aromatic carbocycles. The van der Waals surface area contributed by atoms with Crippen LogP contribution in [0.2, 0.25) is 0 Å². The summed E-state index contributed by atoms with van der Waals surface area (Å²) in [7, 11) is -0.849. The van der Waals surface area contributed by atoms with Crippen molar-refractivity contribution in [3.63, 3.8) is 0 Å². The number of hydrogen-bond acceptors (Lipinski definition) is 7. The van der Waals surface area contributed by atoms with E-state index in [2.05, 4.69) is 10.1 Å². The molecule has 0 unspecified atom stereocenters. The van der Waals surface area contributed by atoms with Crippen molar-refractivity contribution in [1.82, 2.24) is 10.2 Å². The molecular formula is C15H14N2O5S2. The van der Waals surface area contributed by atoms with E-state index in [1.165, 1.54) is 7.05 Å². The maximum Gasteiger partial charge on any atom is 0.347 e. The lowest BCUT2D eigenvalue weighted by molar-refractivity contribution is -0.135. The van der Waals surface area contributed by atoms with Crippen LogP contribution in [0.3, 0.4) is 0 Å². The van der Waals surface area contributed by atoms with Crippen molar-refractivity contribution in [2.24, 2.45) is 0 Å². The Morgan fingerprint density at radius 2 is 1.96 bits per heavy atom. The second-order valence-corrected chi connectivity index (χ2v) is 8.82. The molecule has 0 atom stereocenters. The molecule has 7 nitrogen and oxygen atoms in total. The van der Waals surface area contributed by atoms with Gasteiger partial charge in [0.05, 0.1) is 12.8 Å². The Labute approximate surface area is 142 Å². The molecule has 0 spiro atoms. The first-order valence-corrected chi connectivity index (χ1v) is 9.76. The highest BCUT2D eigenvalue weighted by Gasteiger charge is 2.49. The highest BCUT2D eigenvalue weighted by atomic mass is 33.1. The lowest BCUT2D eigenvalue weighted by Crippen LogP contribution is -2.27. The summed E-state index contributed by atoms with van der Waals surface area (Å²) >= 11 is 0. The van der Waals surface area contributed by atoms with Crippen molar-refractivity contribution in [3.8, 4) is 0 Å². The molecule has 0 saturated carbocycles. The van der Waals surface area contributed by atoms with E-state index in [0.29, 0.717) is 17.3 Å². The van der Waals surface area contributed by atoms with Crippen LogP contribution in [0.25, 0.3) is 0 Å². The number of esters is 1. The number of fused-ring (bicyclic) bond motifs is 1. The maximum atomic E-state index is 12.4. The van der Waals surface area contributed by atoms with E-state index in [9.17, 15) is 18.0 Å². The quantitative estimate of drug-likeness (QED) is 0.626. The summed E-state index contributed by atoms with van der Waals surface area (Å²) in [5, 5.41) is 2.89. The molecule has 24 heavy (non-hydrogen) atoms. The minimum Gasteiger partial charge on any atom is -0.465 e. The van der Waals surface area contributed by atoms with E-state index in [4.69, 9.17) is 0 Å². The number of amides is 1. The Hall–Kier alpha value is -2.26. The Kier molecular flexibility index (Phi) is 4.14. The van der Waals surface area contributed by atoms with Gasteiger partial charge in [-0.3, -0.25) is 4.79 Å². The number of nitrogens with one attached hydrogen (secondary N) is 1. The predicted octanol–water partition coefficient (Wildman–Crippen LogP) is 0.921. The molecule has 1 amide bonds. The Balaban J connectivity index is 2.04. The molecule has 2 aliphatic heterocycles. The summed E-state index contributed by atoms with van der Waals surface area (Å²) < 4.78 is 29.5. The predicted molar refractivity (Wildman–Crippen MR) is 88.6 cm³/mol. The molecular weight excluding hydrogens is 352 g/mol. The van der Waals surface area contributed by atoms with Crippen molar-refractivity contribution >= 4 is 31.5 Å². The van der Waals surface area contributed by atoms with E-state index in [1.54, 1.807) is 0 Å². The van der Waals surface area contributed by atoms with E-state index in [-0.39, 0.29) is 21.2 Å². The summed E-state index contributed by atoms with van der Waals surface area (Å²) in [6, 6.07) is 9.27. The van der Waals surface area contributed by atoms with Gasteiger partial charge in [-0.2, -0.15) is 0 Å². The van der Waals surface area contributed by atoms with Gasteiger partial charge in [0.1, 0.15) is 15.5 Å². The van der Waals surface area contributed by atoms with Gasteiger partial charge in [-0.1, -0.05) is 30.3 Å². The maximum absolute atomic E-state index is 12.4. The van der Waals surface area contributed by atoms with Crippen LogP contribution in [0, 0.1) is 0 Å². The Bertz CT molecular complexity index is 888. The molecule has 2 heterocycles. The third-order valence-corrected chi connectivity index (χ3v) is 6.94. The van der Waals surface area contributed by atoms with Crippen molar-refractivity contribution in [3.05, 3.63) is 57.1 Å². The zero-order valence-corrected chi connectivity index (χ0v) is 14.5. The number of ether oxygens (including phenoxy) is 1. The number of rotatable bonds is 4. The molecule has 2 aliphatic rings. The van der Waals surface area contributed by atoms with Gasteiger partial charge in [0, 0.05) is 24.4 Å². The minimum atomic E-state index is -3.85. The largest absolute Gasteiger partial charge is 0.465 e. The number of benzene rings is 1. The van der Waals surface area contributed by atoms with E-state index >= 15 is 0 Å². The number of likely N-dealkylation sites (N-methyl/N-ethyl adjacent to an activating group) is 1. The van der Waals surface area contributed by atoms with Gasteiger partial charge in [-0.05, 0) is 5.56 Å². The van der Waals surface area contributed by atoms with E-state index < -0.39 is 20.7 Å². The van der Waals surface area contributed by atoms with Crippen LogP contribution in [0.15, 0.2) is 51.5 Å². The third kappa shape index (κ3) is 2.59. The van der Waals surface area contributed by atoms with Gasteiger partial charge in [-0.15, -0.1) is 0 Å². The summed E-state index contributed by atoms with van der Waals surface area (Å²) in [6.07, 6.45) is 0. The smallest absolute Gasteiger partial charge is 0.347 e. The highest BCUT2D eigenvalue weighted by Crippen LogP contribution is 2.49. The SMILES string of the molecule is COC(=O)C1=C2C(=C(NCc3ccccc3)C(=O)N2C)S(=O)(=O)S1. The summed E-state index contributed by atoms with van der Waals surface area (Å²) in [5.74, 6) is -1.28. The van der Waals surface area contributed by atoms with Crippen molar-refractivity contribution < 1.29 is 22.7 Å². The standard InChI is InChI=1S/C15H14N2O5S2/c1-17-11-12(15(19)22-2)23-24(20,21)13(11)10(14(17)18)16-8-9-6-4-3-5-7-9/h3-7,16H,8H2,1-2H3. The van der Waals surface area contributed by atoms with Gasteiger partial charge >= 0.3 is 5.97 Å². The van der Waals surface area contributed by atoms with Crippen molar-refractivity contribution in [1.29, 1.82) is 0 Å². The summed E-state index contributed by atoms with van der Waals surface area (Å²) in [4.78, 5) is 25.2. The highest BCUT2D eigenvalue weighted by molar-refractivity contribution is 8.75. The normalized spacial score (nSPS) is 18.9. The zero-order chi connectivity index (χ0) is 17.5. The van der Waals surface area contributed by atoms with E-state index in [1.807, 2.05) is 30.3 Å². The van der Waals surface area contributed by atoms with Gasteiger partial charge in [-0.25, -0.2) is 13.2 Å². The first-order valence-electron chi connectivity index (χ1n) is 6.94.